The highest BCUT2D eigenvalue weighted by atomic mass is 16.4. The highest BCUT2D eigenvalue weighted by Gasteiger charge is 2.25. The summed E-state index contributed by atoms with van der Waals surface area (Å²) in [6.45, 7) is 1.37. The molecule has 3 atom stereocenters. The van der Waals surface area contributed by atoms with Gasteiger partial charge in [0.05, 0.1) is 6.10 Å². The Morgan fingerprint density at radius 2 is 1.89 bits per heavy atom. The predicted molar refractivity (Wildman–Crippen MR) is 69.4 cm³/mol. The summed E-state index contributed by atoms with van der Waals surface area (Å²) in [7, 11) is 0. The Labute approximate surface area is 111 Å². The number of aliphatic hydroxyl groups excluding tert-OH is 1. The Morgan fingerprint density at radius 1 is 1.32 bits per heavy atom. The summed E-state index contributed by atoms with van der Waals surface area (Å²) < 4.78 is 0. The van der Waals surface area contributed by atoms with E-state index in [4.69, 9.17) is 10.8 Å². The lowest BCUT2D eigenvalue weighted by Crippen LogP contribution is -2.52. The first kappa shape index (κ1) is 15.1. The van der Waals surface area contributed by atoms with Crippen LogP contribution in [0, 0.1) is 0 Å². The quantitative estimate of drug-likeness (QED) is 0.555. The molecule has 0 spiro atoms. The first-order valence-electron chi connectivity index (χ1n) is 5.92. The molecule has 104 valence electrons. The average molecular weight is 266 g/mol. The molecular formula is C13H18N2O4. The molecule has 19 heavy (non-hydrogen) atoms. The van der Waals surface area contributed by atoms with Crippen molar-refractivity contribution in [3.63, 3.8) is 0 Å². The van der Waals surface area contributed by atoms with E-state index < -0.39 is 30.1 Å². The molecule has 1 amide bonds. The Morgan fingerprint density at radius 3 is 2.37 bits per heavy atom. The van der Waals surface area contributed by atoms with Gasteiger partial charge in [-0.25, -0.2) is 4.79 Å². The van der Waals surface area contributed by atoms with Gasteiger partial charge in [-0.3, -0.25) is 4.79 Å². The van der Waals surface area contributed by atoms with Crippen LogP contribution in [0.1, 0.15) is 12.5 Å². The summed E-state index contributed by atoms with van der Waals surface area (Å²) in [4.78, 5) is 22.7. The van der Waals surface area contributed by atoms with Crippen LogP contribution in [0.4, 0.5) is 0 Å². The van der Waals surface area contributed by atoms with Crippen LogP contribution in [-0.2, 0) is 16.0 Å². The van der Waals surface area contributed by atoms with Crippen molar-refractivity contribution in [2.24, 2.45) is 5.73 Å². The van der Waals surface area contributed by atoms with E-state index in [1.165, 1.54) is 6.92 Å². The highest BCUT2D eigenvalue weighted by Crippen LogP contribution is 2.04. The monoisotopic (exact) mass is 266 g/mol. The van der Waals surface area contributed by atoms with Gasteiger partial charge in [0.15, 0.2) is 0 Å². The number of carbonyl (C=O) groups excluding carboxylic acids is 1. The van der Waals surface area contributed by atoms with Crippen molar-refractivity contribution in [1.29, 1.82) is 0 Å². The Balaban J connectivity index is 2.69. The number of amides is 1. The number of rotatable bonds is 6. The van der Waals surface area contributed by atoms with E-state index in [0.717, 1.165) is 5.56 Å². The fraction of sp³-hybridized carbons (Fsp3) is 0.385. The third-order valence-electron chi connectivity index (χ3n) is 2.72. The van der Waals surface area contributed by atoms with Crippen LogP contribution < -0.4 is 11.1 Å². The number of nitrogens with one attached hydrogen (secondary N) is 1. The standard InChI is InChI=1S/C13H18N2O4/c1-8(16)11(14)12(17)15-10(13(18)19)7-9-5-3-2-4-6-9/h2-6,8,10-11,16H,7,14H2,1H3,(H,15,17)(H,18,19)/t8-,10-,11-/m1/s1. The first-order chi connectivity index (χ1) is 8.91. The van der Waals surface area contributed by atoms with E-state index in [9.17, 15) is 14.7 Å². The molecule has 5 N–H and O–H groups in total. The zero-order chi connectivity index (χ0) is 14.4. The number of nitrogens with two attached hydrogens (primary N) is 1. The maximum Gasteiger partial charge on any atom is 0.326 e. The van der Waals surface area contributed by atoms with Gasteiger partial charge in [0, 0.05) is 6.42 Å². The van der Waals surface area contributed by atoms with E-state index in [1.54, 1.807) is 24.3 Å². The van der Waals surface area contributed by atoms with E-state index in [1.807, 2.05) is 6.07 Å². The van der Waals surface area contributed by atoms with Crippen molar-refractivity contribution in [3.8, 4) is 0 Å². The van der Waals surface area contributed by atoms with E-state index in [2.05, 4.69) is 5.32 Å². The van der Waals surface area contributed by atoms with E-state index >= 15 is 0 Å². The van der Waals surface area contributed by atoms with Crippen LogP contribution in [-0.4, -0.2) is 40.3 Å². The molecule has 0 aliphatic rings. The smallest absolute Gasteiger partial charge is 0.326 e. The number of hydrogen-bond donors (Lipinski definition) is 4. The number of aliphatic hydroxyl groups is 1. The third-order valence-corrected chi connectivity index (χ3v) is 2.72. The molecule has 0 unspecified atom stereocenters. The van der Waals surface area contributed by atoms with Crippen LogP contribution in [0.3, 0.4) is 0 Å². The van der Waals surface area contributed by atoms with Gasteiger partial charge in [-0.15, -0.1) is 0 Å². The maximum atomic E-state index is 11.6. The molecular weight excluding hydrogens is 248 g/mol. The molecule has 0 saturated carbocycles. The van der Waals surface area contributed by atoms with Gasteiger partial charge in [-0.05, 0) is 12.5 Å². The number of benzene rings is 1. The summed E-state index contributed by atoms with van der Waals surface area (Å²) in [6, 6.07) is 6.74. The number of carboxylic acids is 1. The number of carboxylic acid groups (broad SMARTS) is 1. The maximum absolute atomic E-state index is 11.6. The molecule has 6 nitrogen and oxygen atoms in total. The highest BCUT2D eigenvalue weighted by molar-refractivity contribution is 5.87. The predicted octanol–water partition coefficient (Wildman–Crippen LogP) is -0.493. The normalized spacial score (nSPS) is 15.3. The van der Waals surface area contributed by atoms with Gasteiger partial charge in [0.1, 0.15) is 12.1 Å². The molecule has 6 heteroatoms. The molecule has 0 aliphatic heterocycles. The second kappa shape index (κ2) is 6.86. The molecule has 0 aromatic heterocycles. The lowest BCUT2D eigenvalue weighted by Gasteiger charge is -2.19. The summed E-state index contributed by atoms with van der Waals surface area (Å²) >= 11 is 0. The molecule has 1 aromatic rings. The fourth-order valence-electron chi connectivity index (χ4n) is 1.54. The minimum atomic E-state index is -1.14. The SMILES string of the molecule is C[C@@H](O)[C@@H](N)C(=O)N[C@H](Cc1ccccc1)C(=O)O. The van der Waals surface area contributed by atoms with Crippen molar-refractivity contribution in [2.45, 2.75) is 31.5 Å². The zero-order valence-electron chi connectivity index (χ0n) is 10.6. The van der Waals surface area contributed by atoms with E-state index in [-0.39, 0.29) is 6.42 Å². The summed E-state index contributed by atoms with van der Waals surface area (Å²) in [5, 5.41) is 20.6. The topological polar surface area (TPSA) is 113 Å². The number of aliphatic carboxylic acids is 1. The van der Waals surface area contributed by atoms with Crippen LogP contribution >= 0.6 is 0 Å². The van der Waals surface area contributed by atoms with Gasteiger partial charge in [0.2, 0.25) is 5.91 Å². The lowest BCUT2D eigenvalue weighted by atomic mass is 10.1. The minimum Gasteiger partial charge on any atom is -0.480 e. The second-order valence-corrected chi connectivity index (χ2v) is 4.36. The van der Waals surface area contributed by atoms with Crippen LogP contribution in [0.5, 0.6) is 0 Å². The number of carbonyl (C=O) groups is 2. The molecule has 0 saturated heterocycles. The Bertz CT molecular complexity index is 434. The molecule has 0 heterocycles. The molecule has 0 radical (unpaired) electrons. The van der Waals surface area contributed by atoms with Gasteiger partial charge < -0.3 is 21.3 Å². The van der Waals surface area contributed by atoms with Crippen LogP contribution in [0.25, 0.3) is 0 Å². The fourth-order valence-corrected chi connectivity index (χ4v) is 1.54. The average Bonchev–Trinajstić information content (AvgIpc) is 2.37. The lowest BCUT2D eigenvalue weighted by molar-refractivity contribution is -0.142. The van der Waals surface area contributed by atoms with Gasteiger partial charge in [0.25, 0.3) is 0 Å². The molecule has 0 bridgehead atoms. The van der Waals surface area contributed by atoms with E-state index in [0.29, 0.717) is 0 Å². The van der Waals surface area contributed by atoms with Crippen molar-refractivity contribution < 1.29 is 19.8 Å². The van der Waals surface area contributed by atoms with Gasteiger partial charge in [-0.2, -0.15) is 0 Å². The Hall–Kier alpha value is -1.92. The van der Waals surface area contributed by atoms with Crippen molar-refractivity contribution >= 4 is 11.9 Å². The summed E-state index contributed by atoms with van der Waals surface area (Å²) in [6.07, 6.45) is -0.875. The molecule has 1 aromatic carbocycles. The molecule has 0 fully saturated rings. The van der Waals surface area contributed by atoms with Crippen LogP contribution in [0.15, 0.2) is 30.3 Å². The number of hydrogen-bond acceptors (Lipinski definition) is 4. The summed E-state index contributed by atoms with van der Waals surface area (Å²) in [5.41, 5.74) is 6.24. The Kier molecular flexibility index (Phi) is 5.47. The van der Waals surface area contributed by atoms with Crippen molar-refractivity contribution in [3.05, 3.63) is 35.9 Å². The van der Waals surface area contributed by atoms with Crippen LogP contribution in [0.2, 0.25) is 0 Å². The van der Waals surface area contributed by atoms with Crippen molar-refractivity contribution in [2.75, 3.05) is 0 Å². The zero-order valence-corrected chi connectivity index (χ0v) is 10.6. The molecule has 0 aliphatic carbocycles. The summed E-state index contributed by atoms with van der Waals surface area (Å²) in [5.74, 6) is -1.83. The van der Waals surface area contributed by atoms with Crippen molar-refractivity contribution in [1.82, 2.24) is 5.32 Å². The second-order valence-electron chi connectivity index (χ2n) is 4.36. The van der Waals surface area contributed by atoms with Gasteiger partial charge >= 0.3 is 5.97 Å². The minimum absolute atomic E-state index is 0.161. The third kappa shape index (κ3) is 4.69. The van der Waals surface area contributed by atoms with Gasteiger partial charge in [-0.1, -0.05) is 30.3 Å². The largest absolute Gasteiger partial charge is 0.480 e. The first-order valence-corrected chi connectivity index (χ1v) is 5.92. The molecule has 1 rings (SSSR count).